The molecule has 2 N–H and O–H groups in total. The molecule has 2 rings (SSSR count). The summed E-state index contributed by atoms with van der Waals surface area (Å²) >= 11 is 12.0. The molecule has 0 aliphatic rings. The number of likely N-dealkylation sites (N-methyl/N-ethyl adjacent to an activating group) is 1. The quantitative estimate of drug-likeness (QED) is 0.871. The molecule has 0 aromatic heterocycles. The highest BCUT2D eigenvalue weighted by Crippen LogP contribution is 2.19. The largest absolute Gasteiger partial charge is 0.326 e. The molecule has 0 saturated carbocycles. The zero-order chi connectivity index (χ0) is 15.2. The smallest absolute Gasteiger partial charge is 0.279 e. The molecule has 0 saturated heterocycles. The van der Waals surface area contributed by atoms with Crippen LogP contribution in [0.5, 0.6) is 0 Å². The van der Waals surface area contributed by atoms with E-state index in [0.717, 1.165) is 17.0 Å². The van der Waals surface area contributed by atoms with Crippen LogP contribution in [-0.4, -0.2) is 19.5 Å². The summed E-state index contributed by atoms with van der Waals surface area (Å²) in [5.74, 6) is -0.0670. The topological polar surface area (TPSA) is 33.5 Å². The minimum atomic E-state index is -0.0670. The number of para-hydroxylation sites is 1. The molecule has 2 aromatic carbocycles. The molecule has 0 aliphatic heterocycles. The van der Waals surface area contributed by atoms with Crippen molar-refractivity contribution in [3.8, 4) is 0 Å². The van der Waals surface area contributed by atoms with Gasteiger partial charge in [0.2, 0.25) is 0 Å². The molecule has 110 valence electrons. The van der Waals surface area contributed by atoms with Crippen molar-refractivity contribution in [3.05, 3.63) is 64.1 Å². The van der Waals surface area contributed by atoms with Gasteiger partial charge < -0.3 is 10.2 Å². The van der Waals surface area contributed by atoms with Crippen molar-refractivity contribution in [2.24, 2.45) is 0 Å². The van der Waals surface area contributed by atoms with Crippen LogP contribution in [-0.2, 0) is 11.3 Å². The molecule has 1 unspecified atom stereocenters. The monoisotopic (exact) mass is 323 g/mol. The second-order valence-corrected chi connectivity index (χ2v) is 5.81. The lowest BCUT2D eigenvalue weighted by atomic mass is 10.2. The molecule has 0 bridgehead atoms. The normalized spacial score (nSPS) is 12.0. The summed E-state index contributed by atoms with van der Waals surface area (Å²) in [6.45, 7) is 1.09. The number of amides is 1. The van der Waals surface area contributed by atoms with E-state index in [1.807, 2.05) is 43.4 Å². The van der Waals surface area contributed by atoms with Crippen molar-refractivity contribution >= 4 is 34.8 Å². The van der Waals surface area contributed by atoms with Gasteiger partial charge in [-0.1, -0.05) is 47.5 Å². The first-order valence-electron chi connectivity index (χ1n) is 6.65. The molecular formula is C16H17Cl2N2O+. The fourth-order valence-electron chi connectivity index (χ4n) is 2.09. The van der Waals surface area contributed by atoms with Crippen LogP contribution in [0.4, 0.5) is 5.69 Å². The summed E-state index contributed by atoms with van der Waals surface area (Å²) in [6, 6.07) is 14.9. The number of carbonyl (C=O) groups excluding carboxylic acids is 1. The van der Waals surface area contributed by atoms with Gasteiger partial charge in [-0.2, -0.15) is 0 Å². The van der Waals surface area contributed by atoms with Gasteiger partial charge in [-0.3, -0.25) is 4.79 Å². The predicted octanol–water partition coefficient (Wildman–Crippen LogP) is 2.65. The van der Waals surface area contributed by atoms with E-state index < -0.39 is 0 Å². The number of rotatable bonds is 5. The Morgan fingerprint density at radius 2 is 1.90 bits per heavy atom. The fourth-order valence-corrected chi connectivity index (χ4v) is 2.48. The number of hydrogen-bond acceptors (Lipinski definition) is 1. The molecule has 3 nitrogen and oxygen atoms in total. The maximum Gasteiger partial charge on any atom is 0.279 e. The summed E-state index contributed by atoms with van der Waals surface area (Å²) in [4.78, 5) is 13.1. The lowest BCUT2D eigenvalue weighted by molar-refractivity contribution is -0.885. The summed E-state index contributed by atoms with van der Waals surface area (Å²) in [7, 11) is 1.97. The van der Waals surface area contributed by atoms with E-state index in [0.29, 0.717) is 22.3 Å². The minimum Gasteiger partial charge on any atom is -0.326 e. The molecule has 0 spiro atoms. The van der Waals surface area contributed by atoms with Gasteiger partial charge in [-0.15, -0.1) is 0 Å². The predicted molar refractivity (Wildman–Crippen MR) is 87.0 cm³/mol. The maximum absolute atomic E-state index is 12.0. The van der Waals surface area contributed by atoms with Crippen LogP contribution in [0.1, 0.15) is 5.56 Å². The van der Waals surface area contributed by atoms with Crippen molar-refractivity contribution in [1.29, 1.82) is 0 Å². The third-order valence-electron chi connectivity index (χ3n) is 3.01. The van der Waals surface area contributed by atoms with Crippen molar-refractivity contribution in [1.82, 2.24) is 0 Å². The van der Waals surface area contributed by atoms with Gasteiger partial charge in [-0.25, -0.2) is 0 Å². The van der Waals surface area contributed by atoms with E-state index in [-0.39, 0.29) is 5.91 Å². The summed E-state index contributed by atoms with van der Waals surface area (Å²) in [6.07, 6.45) is 0. The standard InChI is InChI=1S/C16H16Cl2N2O/c1-20(10-12-5-4-6-13(17)9-12)11-16(21)19-15-8-3-2-7-14(15)18/h2-9H,10-11H2,1H3,(H,19,21)/p+1. The van der Waals surface area contributed by atoms with Gasteiger partial charge in [0.05, 0.1) is 17.8 Å². The van der Waals surface area contributed by atoms with Gasteiger partial charge in [0, 0.05) is 10.6 Å². The first-order chi connectivity index (χ1) is 10.0. The number of hydrogen-bond donors (Lipinski definition) is 2. The van der Waals surface area contributed by atoms with Crippen molar-refractivity contribution < 1.29 is 9.69 Å². The molecule has 0 fully saturated rings. The SMILES string of the molecule is C[NH+](CC(=O)Nc1ccccc1Cl)Cc1cccc(Cl)c1. The molecular weight excluding hydrogens is 307 g/mol. The Balaban J connectivity index is 1.89. The van der Waals surface area contributed by atoms with E-state index in [9.17, 15) is 4.79 Å². The summed E-state index contributed by atoms with van der Waals surface area (Å²) in [5.41, 5.74) is 1.74. The maximum atomic E-state index is 12.0. The van der Waals surface area contributed by atoms with Crippen LogP contribution in [0, 0.1) is 0 Å². The van der Waals surface area contributed by atoms with Crippen LogP contribution >= 0.6 is 23.2 Å². The molecule has 0 aliphatic carbocycles. The van der Waals surface area contributed by atoms with Crippen LogP contribution in [0.15, 0.2) is 48.5 Å². The van der Waals surface area contributed by atoms with Crippen molar-refractivity contribution in [3.63, 3.8) is 0 Å². The molecule has 0 radical (unpaired) electrons. The van der Waals surface area contributed by atoms with E-state index >= 15 is 0 Å². The number of benzene rings is 2. The molecule has 1 amide bonds. The van der Waals surface area contributed by atoms with E-state index in [4.69, 9.17) is 23.2 Å². The second kappa shape index (κ2) is 7.46. The van der Waals surface area contributed by atoms with E-state index in [2.05, 4.69) is 5.32 Å². The first-order valence-corrected chi connectivity index (χ1v) is 7.40. The summed E-state index contributed by atoms with van der Waals surface area (Å²) < 4.78 is 0. The van der Waals surface area contributed by atoms with Gasteiger partial charge >= 0.3 is 0 Å². The first kappa shape index (κ1) is 15.8. The number of quaternary nitrogens is 1. The Labute approximate surface area is 134 Å². The Morgan fingerprint density at radius 1 is 1.14 bits per heavy atom. The second-order valence-electron chi connectivity index (χ2n) is 4.97. The zero-order valence-electron chi connectivity index (χ0n) is 11.7. The Hall–Kier alpha value is -1.55. The Bertz CT molecular complexity index is 631. The average Bonchev–Trinajstić information content (AvgIpc) is 2.41. The van der Waals surface area contributed by atoms with Gasteiger partial charge in [0.15, 0.2) is 6.54 Å². The number of nitrogens with one attached hydrogen (secondary N) is 2. The van der Waals surface area contributed by atoms with Crippen LogP contribution < -0.4 is 10.2 Å². The zero-order valence-corrected chi connectivity index (χ0v) is 13.2. The molecule has 1 atom stereocenters. The van der Waals surface area contributed by atoms with Crippen molar-refractivity contribution in [2.75, 3.05) is 18.9 Å². The van der Waals surface area contributed by atoms with Gasteiger partial charge in [0.25, 0.3) is 5.91 Å². The minimum absolute atomic E-state index is 0.0670. The Kier molecular flexibility index (Phi) is 5.62. The van der Waals surface area contributed by atoms with Crippen LogP contribution in [0.2, 0.25) is 10.0 Å². The van der Waals surface area contributed by atoms with E-state index in [1.165, 1.54) is 0 Å². The third kappa shape index (κ3) is 5.05. The highest BCUT2D eigenvalue weighted by atomic mass is 35.5. The number of halogens is 2. The lowest BCUT2D eigenvalue weighted by Crippen LogP contribution is -3.08. The molecule has 21 heavy (non-hydrogen) atoms. The molecule has 2 aromatic rings. The molecule has 5 heteroatoms. The van der Waals surface area contributed by atoms with Crippen LogP contribution in [0.25, 0.3) is 0 Å². The number of anilines is 1. The van der Waals surface area contributed by atoms with Crippen molar-refractivity contribution in [2.45, 2.75) is 6.54 Å². The highest BCUT2D eigenvalue weighted by Gasteiger charge is 2.12. The van der Waals surface area contributed by atoms with E-state index in [1.54, 1.807) is 12.1 Å². The number of carbonyl (C=O) groups is 1. The fraction of sp³-hybridized carbons (Fsp3) is 0.188. The molecule has 0 heterocycles. The van der Waals surface area contributed by atoms with Gasteiger partial charge in [-0.05, 0) is 24.3 Å². The summed E-state index contributed by atoms with van der Waals surface area (Å²) in [5, 5.41) is 4.07. The lowest BCUT2D eigenvalue weighted by Gasteiger charge is -2.14. The van der Waals surface area contributed by atoms with Crippen LogP contribution in [0.3, 0.4) is 0 Å². The highest BCUT2D eigenvalue weighted by molar-refractivity contribution is 6.33. The average molecular weight is 324 g/mol. The Morgan fingerprint density at radius 3 is 2.62 bits per heavy atom. The van der Waals surface area contributed by atoms with Gasteiger partial charge in [0.1, 0.15) is 6.54 Å². The third-order valence-corrected chi connectivity index (χ3v) is 3.57.